The molecule has 1 aromatic carbocycles. The highest BCUT2D eigenvalue weighted by Crippen LogP contribution is 2.29. The Balaban J connectivity index is 1.76. The first-order valence-electron chi connectivity index (χ1n) is 7.79. The highest BCUT2D eigenvalue weighted by Gasteiger charge is 2.35. The monoisotopic (exact) mass is 389 g/mol. The van der Waals surface area contributed by atoms with Gasteiger partial charge in [-0.1, -0.05) is 18.2 Å². The fraction of sp³-hybridized carbons (Fsp3) is 0.294. The second kappa shape index (κ2) is 7.57. The van der Waals surface area contributed by atoms with Crippen LogP contribution in [0.15, 0.2) is 23.8 Å². The van der Waals surface area contributed by atoms with Gasteiger partial charge < -0.3 is 9.47 Å². The number of Topliss-reactive ketones (excluding diaryl/α,β-unsaturated/α-hetero) is 1. The zero-order valence-corrected chi connectivity index (χ0v) is 13.6. The molecule has 10 heteroatoms. The molecule has 0 bridgehead atoms. The van der Waals surface area contributed by atoms with Gasteiger partial charge in [-0.15, -0.1) is 0 Å². The average molecular weight is 389 g/mol. The molecule has 0 N–H and O–H groups in total. The Morgan fingerprint density at radius 3 is 2.37 bits per heavy atom. The number of benzene rings is 1. The van der Waals surface area contributed by atoms with Crippen LogP contribution < -0.4 is 4.74 Å². The van der Waals surface area contributed by atoms with Gasteiger partial charge in [-0.05, 0) is 0 Å². The van der Waals surface area contributed by atoms with Crippen molar-refractivity contribution in [2.75, 3.05) is 19.7 Å². The highest BCUT2D eigenvalue weighted by atomic mass is 19.2. The van der Waals surface area contributed by atoms with Crippen LogP contribution in [0.3, 0.4) is 0 Å². The molecule has 2 aliphatic rings. The van der Waals surface area contributed by atoms with Gasteiger partial charge in [-0.3, -0.25) is 14.5 Å². The van der Waals surface area contributed by atoms with Crippen LogP contribution in [0.2, 0.25) is 0 Å². The molecule has 1 aliphatic carbocycles. The molecule has 0 saturated carbocycles. The first-order chi connectivity index (χ1) is 12.8. The predicted molar refractivity (Wildman–Crippen MR) is 80.0 cm³/mol. The number of allylic oxidation sites excluding steroid dienone is 3. The third-order valence-electron chi connectivity index (χ3n) is 4.01. The minimum Gasteiger partial charge on any atom is -0.419 e. The summed E-state index contributed by atoms with van der Waals surface area (Å²) >= 11 is 0. The molecule has 1 aromatic rings. The fourth-order valence-corrected chi connectivity index (χ4v) is 2.72. The summed E-state index contributed by atoms with van der Waals surface area (Å²) in [5, 5.41) is 0. The van der Waals surface area contributed by atoms with E-state index in [1.165, 1.54) is 11.0 Å². The van der Waals surface area contributed by atoms with Crippen molar-refractivity contribution in [1.82, 2.24) is 4.90 Å². The van der Waals surface area contributed by atoms with E-state index in [1.54, 1.807) is 12.2 Å². The topological polar surface area (TPSA) is 55.8 Å². The van der Waals surface area contributed by atoms with E-state index < -0.39 is 53.6 Å². The predicted octanol–water partition coefficient (Wildman–Crippen LogP) is 2.40. The van der Waals surface area contributed by atoms with E-state index in [0.29, 0.717) is 5.57 Å². The quantitative estimate of drug-likeness (QED) is 0.260. The van der Waals surface area contributed by atoms with Gasteiger partial charge >= 0.3 is 5.97 Å². The molecular weight excluding hydrogens is 377 g/mol. The van der Waals surface area contributed by atoms with Gasteiger partial charge in [0.05, 0.1) is 13.2 Å². The third-order valence-corrected chi connectivity index (χ3v) is 4.01. The SMILES string of the molecule is O=C(CN1CCOC1C1=CC=CCC1=O)Oc1c(F)c(F)c(F)c(F)c1F. The van der Waals surface area contributed by atoms with Crippen LogP contribution in [0.4, 0.5) is 22.0 Å². The fourth-order valence-electron chi connectivity index (χ4n) is 2.72. The molecule has 0 spiro atoms. The summed E-state index contributed by atoms with van der Waals surface area (Å²) in [6, 6.07) is 0. The van der Waals surface area contributed by atoms with Crippen LogP contribution in [-0.4, -0.2) is 42.6 Å². The minimum absolute atomic E-state index is 0.161. The summed E-state index contributed by atoms with van der Waals surface area (Å²) in [4.78, 5) is 25.3. The van der Waals surface area contributed by atoms with Crippen molar-refractivity contribution in [2.24, 2.45) is 0 Å². The summed E-state index contributed by atoms with van der Waals surface area (Å²) in [5.41, 5.74) is 0.291. The molecule has 0 amide bonds. The molecule has 1 unspecified atom stereocenters. The lowest BCUT2D eigenvalue weighted by Crippen LogP contribution is -2.39. The molecule has 0 radical (unpaired) electrons. The van der Waals surface area contributed by atoms with Gasteiger partial charge in [-0.25, -0.2) is 13.2 Å². The van der Waals surface area contributed by atoms with E-state index in [0.717, 1.165) is 0 Å². The second-order valence-electron chi connectivity index (χ2n) is 5.74. The molecule has 3 rings (SSSR count). The Hall–Kier alpha value is -2.59. The standard InChI is InChI=1S/C17H12F5NO4/c18-11-12(19)14(21)16(15(22)13(11)20)27-10(25)7-23-5-6-26-17(23)8-3-1-2-4-9(8)24/h1-3,17H,4-7H2. The maximum Gasteiger partial charge on any atom is 0.325 e. The number of ether oxygens (including phenoxy) is 2. The van der Waals surface area contributed by atoms with E-state index >= 15 is 0 Å². The van der Waals surface area contributed by atoms with Gasteiger partial charge in [-0.2, -0.15) is 8.78 Å². The number of carbonyl (C=O) groups is 2. The molecule has 27 heavy (non-hydrogen) atoms. The second-order valence-corrected chi connectivity index (χ2v) is 5.74. The molecule has 1 atom stereocenters. The van der Waals surface area contributed by atoms with Gasteiger partial charge in [0.1, 0.15) is 6.23 Å². The van der Waals surface area contributed by atoms with Crippen molar-refractivity contribution in [3.63, 3.8) is 0 Å². The Labute approximate surface area is 149 Å². The lowest BCUT2D eigenvalue weighted by Gasteiger charge is -2.24. The minimum atomic E-state index is -2.35. The Morgan fingerprint density at radius 1 is 1.11 bits per heavy atom. The van der Waals surface area contributed by atoms with E-state index in [1.807, 2.05) is 0 Å². The van der Waals surface area contributed by atoms with Gasteiger partial charge in [0.15, 0.2) is 5.78 Å². The molecule has 5 nitrogen and oxygen atoms in total. The summed E-state index contributed by atoms with van der Waals surface area (Å²) in [6.45, 7) is -0.210. The van der Waals surface area contributed by atoms with Crippen LogP contribution in [-0.2, 0) is 14.3 Å². The highest BCUT2D eigenvalue weighted by molar-refractivity contribution is 5.98. The van der Waals surface area contributed by atoms with Gasteiger partial charge in [0, 0.05) is 18.5 Å². The lowest BCUT2D eigenvalue weighted by molar-refractivity contribution is -0.137. The molecule has 1 saturated heterocycles. The zero-order valence-electron chi connectivity index (χ0n) is 13.6. The van der Waals surface area contributed by atoms with Crippen molar-refractivity contribution in [3.8, 4) is 5.75 Å². The van der Waals surface area contributed by atoms with Gasteiger partial charge in [0.2, 0.25) is 34.8 Å². The Morgan fingerprint density at radius 2 is 1.74 bits per heavy atom. The van der Waals surface area contributed by atoms with E-state index in [9.17, 15) is 31.5 Å². The normalized spacial score (nSPS) is 20.1. The molecule has 1 fully saturated rings. The average Bonchev–Trinajstić information content (AvgIpc) is 3.10. The molecule has 1 aliphatic heterocycles. The van der Waals surface area contributed by atoms with Crippen LogP contribution >= 0.6 is 0 Å². The van der Waals surface area contributed by atoms with Crippen LogP contribution in [0.5, 0.6) is 5.75 Å². The largest absolute Gasteiger partial charge is 0.419 e. The third kappa shape index (κ3) is 3.62. The smallest absolute Gasteiger partial charge is 0.325 e. The molecule has 1 heterocycles. The summed E-state index contributed by atoms with van der Waals surface area (Å²) in [6.07, 6.45) is 4.09. The van der Waals surface area contributed by atoms with Crippen molar-refractivity contribution in [3.05, 3.63) is 52.9 Å². The molecular formula is C17H12F5NO4. The maximum atomic E-state index is 13.6. The molecule has 0 aromatic heterocycles. The number of hydrogen-bond acceptors (Lipinski definition) is 5. The van der Waals surface area contributed by atoms with Gasteiger partial charge in [0.25, 0.3) is 0 Å². The zero-order chi connectivity index (χ0) is 19.7. The van der Waals surface area contributed by atoms with Crippen molar-refractivity contribution < 1.29 is 41.0 Å². The number of rotatable bonds is 4. The summed E-state index contributed by atoms with van der Waals surface area (Å²) < 4.78 is 76.3. The summed E-state index contributed by atoms with van der Waals surface area (Å²) in [5.74, 6) is -14.4. The number of halogens is 5. The van der Waals surface area contributed by atoms with Crippen molar-refractivity contribution in [1.29, 1.82) is 0 Å². The van der Waals surface area contributed by atoms with E-state index in [4.69, 9.17) is 4.74 Å². The number of carbonyl (C=O) groups excluding carboxylic acids is 2. The number of ketones is 1. The van der Waals surface area contributed by atoms with Crippen LogP contribution in [0.25, 0.3) is 0 Å². The number of esters is 1. The number of nitrogens with zero attached hydrogens (tertiary/aromatic N) is 1. The molecule has 144 valence electrons. The van der Waals surface area contributed by atoms with Crippen molar-refractivity contribution in [2.45, 2.75) is 12.6 Å². The van der Waals surface area contributed by atoms with Crippen LogP contribution in [0.1, 0.15) is 6.42 Å². The Bertz CT molecular complexity index is 838. The first kappa shape index (κ1) is 19.2. The number of hydrogen-bond donors (Lipinski definition) is 0. The van der Waals surface area contributed by atoms with E-state index in [-0.39, 0.29) is 25.4 Å². The van der Waals surface area contributed by atoms with Crippen molar-refractivity contribution >= 4 is 11.8 Å². The lowest BCUT2D eigenvalue weighted by atomic mass is 10.0. The maximum absolute atomic E-state index is 13.6. The summed E-state index contributed by atoms with van der Waals surface area (Å²) in [7, 11) is 0. The van der Waals surface area contributed by atoms with E-state index in [2.05, 4.69) is 4.74 Å². The van der Waals surface area contributed by atoms with Crippen LogP contribution in [0, 0.1) is 29.1 Å². The Kier molecular flexibility index (Phi) is 5.38. The first-order valence-corrected chi connectivity index (χ1v) is 7.79.